The van der Waals surface area contributed by atoms with Gasteiger partial charge in [-0.15, -0.1) is 23.5 Å². The Bertz CT molecular complexity index is 611. The van der Waals surface area contributed by atoms with Crippen molar-refractivity contribution in [3.05, 3.63) is 29.8 Å². The number of amides is 2. The molecule has 1 atom stereocenters. The molecule has 7 heteroatoms. The van der Waals surface area contributed by atoms with Crippen molar-refractivity contribution in [1.82, 2.24) is 9.80 Å². The van der Waals surface area contributed by atoms with Crippen LogP contribution in [0.25, 0.3) is 0 Å². The van der Waals surface area contributed by atoms with E-state index in [4.69, 9.17) is 5.26 Å². The zero-order valence-corrected chi connectivity index (χ0v) is 14.8. The Hall–Kier alpha value is -1.65. The zero-order chi connectivity index (χ0) is 16.8. The van der Waals surface area contributed by atoms with Crippen LogP contribution in [0.15, 0.2) is 29.2 Å². The summed E-state index contributed by atoms with van der Waals surface area (Å²) in [7, 11) is 3.43. The molecule has 0 aromatic heterocycles. The van der Waals surface area contributed by atoms with Gasteiger partial charge in [0.1, 0.15) is 6.04 Å². The maximum absolute atomic E-state index is 12.4. The SMILES string of the molecule is CN(C)C(=O)[C@@H]1CSCN1C(=O)CCSc1ccc(C#N)cc1. The largest absolute Gasteiger partial charge is 0.347 e. The van der Waals surface area contributed by atoms with Crippen LogP contribution in [0, 0.1) is 11.3 Å². The van der Waals surface area contributed by atoms with E-state index in [9.17, 15) is 9.59 Å². The molecular weight excluding hydrogens is 330 g/mol. The van der Waals surface area contributed by atoms with Crippen LogP contribution in [0.2, 0.25) is 0 Å². The third-order valence-electron chi connectivity index (χ3n) is 3.50. The van der Waals surface area contributed by atoms with E-state index in [0.717, 1.165) is 4.90 Å². The molecule has 1 aromatic carbocycles. The van der Waals surface area contributed by atoms with Crippen LogP contribution in [0.3, 0.4) is 0 Å². The predicted octanol–water partition coefficient (Wildman–Crippen LogP) is 2.03. The van der Waals surface area contributed by atoms with Crippen molar-refractivity contribution < 1.29 is 9.59 Å². The molecule has 5 nitrogen and oxygen atoms in total. The number of nitriles is 1. The summed E-state index contributed by atoms with van der Waals surface area (Å²) in [6.45, 7) is 0. The number of carbonyl (C=O) groups excluding carboxylic acids is 2. The van der Waals surface area contributed by atoms with Gasteiger partial charge >= 0.3 is 0 Å². The summed E-state index contributed by atoms with van der Waals surface area (Å²) in [6.07, 6.45) is 0.405. The molecule has 0 spiro atoms. The average molecular weight is 349 g/mol. The Morgan fingerprint density at radius 1 is 1.39 bits per heavy atom. The molecule has 1 fully saturated rings. The lowest BCUT2D eigenvalue weighted by Crippen LogP contribution is -2.46. The third-order valence-corrected chi connectivity index (χ3v) is 5.52. The van der Waals surface area contributed by atoms with Crippen molar-refractivity contribution in [2.24, 2.45) is 0 Å². The highest BCUT2D eigenvalue weighted by Crippen LogP contribution is 2.24. The van der Waals surface area contributed by atoms with E-state index < -0.39 is 0 Å². The van der Waals surface area contributed by atoms with Gasteiger partial charge in [-0.2, -0.15) is 5.26 Å². The molecule has 2 rings (SSSR count). The van der Waals surface area contributed by atoms with E-state index in [0.29, 0.717) is 29.4 Å². The highest BCUT2D eigenvalue weighted by atomic mass is 32.2. The maximum Gasteiger partial charge on any atom is 0.245 e. The minimum absolute atomic E-state index is 0.0110. The molecule has 2 amide bonds. The Labute approximate surface area is 145 Å². The minimum Gasteiger partial charge on any atom is -0.347 e. The first-order chi connectivity index (χ1) is 11.0. The summed E-state index contributed by atoms with van der Waals surface area (Å²) < 4.78 is 0. The molecular formula is C16H19N3O2S2. The number of carbonyl (C=O) groups is 2. The molecule has 0 unspecified atom stereocenters. The summed E-state index contributed by atoms with van der Waals surface area (Å²) in [6, 6.07) is 9.07. The van der Waals surface area contributed by atoms with Gasteiger partial charge in [0.15, 0.2) is 0 Å². The van der Waals surface area contributed by atoms with Crippen molar-refractivity contribution in [2.75, 3.05) is 31.5 Å². The number of hydrogen-bond donors (Lipinski definition) is 0. The van der Waals surface area contributed by atoms with Crippen molar-refractivity contribution >= 4 is 35.3 Å². The Morgan fingerprint density at radius 2 is 2.09 bits per heavy atom. The van der Waals surface area contributed by atoms with Crippen molar-refractivity contribution in [3.63, 3.8) is 0 Å². The van der Waals surface area contributed by atoms with Crippen molar-refractivity contribution in [1.29, 1.82) is 5.26 Å². The van der Waals surface area contributed by atoms with Gasteiger partial charge < -0.3 is 9.80 Å². The molecule has 0 radical (unpaired) electrons. The Morgan fingerprint density at radius 3 is 2.70 bits per heavy atom. The molecule has 1 aliphatic heterocycles. The predicted molar refractivity (Wildman–Crippen MR) is 93.2 cm³/mol. The molecule has 1 aliphatic rings. The van der Waals surface area contributed by atoms with E-state index in [2.05, 4.69) is 6.07 Å². The average Bonchev–Trinajstić information content (AvgIpc) is 3.04. The van der Waals surface area contributed by atoms with Gasteiger partial charge in [-0.1, -0.05) is 0 Å². The van der Waals surface area contributed by atoms with E-state index in [-0.39, 0.29) is 17.9 Å². The van der Waals surface area contributed by atoms with Crippen LogP contribution >= 0.6 is 23.5 Å². The standard InChI is InChI=1S/C16H19N3O2S2/c1-18(2)16(21)14-10-22-11-19(14)15(20)7-8-23-13-5-3-12(9-17)4-6-13/h3-6,14H,7-8,10-11H2,1-2H3/t14-/m0/s1. The first kappa shape index (κ1) is 17.7. The summed E-state index contributed by atoms with van der Waals surface area (Å²) in [5.41, 5.74) is 0.629. The van der Waals surface area contributed by atoms with Gasteiger partial charge in [0.2, 0.25) is 11.8 Å². The van der Waals surface area contributed by atoms with Gasteiger partial charge in [-0.05, 0) is 24.3 Å². The Kier molecular flexibility index (Phi) is 6.37. The molecule has 1 aromatic rings. The summed E-state index contributed by atoms with van der Waals surface area (Å²) >= 11 is 3.20. The number of likely N-dealkylation sites (N-methyl/N-ethyl adjacent to an activating group) is 1. The Balaban J connectivity index is 1.84. The summed E-state index contributed by atoms with van der Waals surface area (Å²) in [4.78, 5) is 28.7. The number of thioether (sulfide) groups is 2. The monoisotopic (exact) mass is 349 g/mol. The normalized spacial score (nSPS) is 16.9. The first-order valence-electron chi connectivity index (χ1n) is 7.24. The molecule has 1 heterocycles. The second-order valence-electron chi connectivity index (χ2n) is 5.35. The molecule has 0 saturated carbocycles. The third kappa shape index (κ3) is 4.66. The van der Waals surface area contributed by atoms with Crippen LogP contribution in [0.1, 0.15) is 12.0 Å². The zero-order valence-electron chi connectivity index (χ0n) is 13.2. The fourth-order valence-electron chi connectivity index (χ4n) is 2.22. The highest BCUT2D eigenvalue weighted by molar-refractivity contribution is 7.99. The number of rotatable bonds is 5. The van der Waals surface area contributed by atoms with E-state index in [1.807, 2.05) is 12.1 Å². The van der Waals surface area contributed by atoms with Crippen LogP contribution in [0.4, 0.5) is 0 Å². The molecule has 0 N–H and O–H groups in total. The lowest BCUT2D eigenvalue weighted by molar-refractivity contribution is -0.141. The molecule has 0 bridgehead atoms. The molecule has 122 valence electrons. The maximum atomic E-state index is 12.4. The molecule has 23 heavy (non-hydrogen) atoms. The van der Waals surface area contributed by atoms with E-state index in [1.54, 1.807) is 59.6 Å². The number of nitrogens with zero attached hydrogens (tertiary/aromatic N) is 3. The first-order valence-corrected chi connectivity index (χ1v) is 9.38. The lowest BCUT2D eigenvalue weighted by Gasteiger charge is -2.25. The lowest BCUT2D eigenvalue weighted by atomic mass is 10.2. The fourth-order valence-corrected chi connectivity index (χ4v) is 4.23. The quantitative estimate of drug-likeness (QED) is 0.761. The fraction of sp³-hybridized carbons (Fsp3) is 0.438. The number of hydrogen-bond acceptors (Lipinski definition) is 5. The summed E-state index contributed by atoms with van der Waals surface area (Å²) in [5, 5.41) is 8.77. The van der Waals surface area contributed by atoms with Gasteiger partial charge in [0, 0.05) is 36.9 Å². The number of benzene rings is 1. The van der Waals surface area contributed by atoms with Crippen LogP contribution in [-0.4, -0.2) is 59.1 Å². The van der Waals surface area contributed by atoms with Gasteiger partial charge in [0.05, 0.1) is 17.5 Å². The highest BCUT2D eigenvalue weighted by Gasteiger charge is 2.34. The second kappa shape index (κ2) is 8.27. The van der Waals surface area contributed by atoms with Gasteiger partial charge in [0.25, 0.3) is 0 Å². The van der Waals surface area contributed by atoms with Gasteiger partial charge in [-0.3, -0.25) is 9.59 Å². The smallest absolute Gasteiger partial charge is 0.245 e. The van der Waals surface area contributed by atoms with E-state index in [1.165, 1.54) is 0 Å². The molecule has 1 saturated heterocycles. The van der Waals surface area contributed by atoms with Crippen molar-refractivity contribution in [3.8, 4) is 6.07 Å². The molecule has 0 aliphatic carbocycles. The summed E-state index contributed by atoms with van der Waals surface area (Å²) in [5.74, 6) is 1.93. The van der Waals surface area contributed by atoms with Crippen molar-refractivity contribution in [2.45, 2.75) is 17.4 Å². The van der Waals surface area contributed by atoms with Crippen LogP contribution < -0.4 is 0 Å². The van der Waals surface area contributed by atoms with E-state index >= 15 is 0 Å². The van der Waals surface area contributed by atoms with Crippen LogP contribution in [0.5, 0.6) is 0 Å². The second-order valence-corrected chi connectivity index (χ2v) is 7.51. The van der Waals surface area contributed by atoms with Gasteiger partial charge in [-0.25, -0.2) is 0 Å². The topological polar surface area (TPSA) is 64.4 Å². The minimum atomic E-state index is -0.331. The van der Waals surface area contributed by atoms with Crippen LogP contribution in [-0.2, 0) is 9.59 Å².